The van der Waals surface area contributed by atoms with Crippen LogP contribution in [0.1, 0.15) is 56.1 Å². The first-order valence-corrected chi connectivity index (χ1v) is 7.77. The zero-order chi connectivity index (χ0) is 13.1. The fourth-order valence-electron chi connectivity index (χ4n) is 3.61. The molecular formula is C18H24O. The van der Waals surface area contributed by atoms with E-state index in [9.17, 15) is 5.11 Å². The molecule has 19 heavy (non-hydrogen) atoms. The van der Waals surface area contributed by atoms with E-state index in [0.29, 0.717) is 0 Å². The van der Waals surface area contributed by atoms with Crippen molar-refractivity contribution in [1.82, 2.24) is 0 Å². The van der Waals surface area contributed by atoms with E-state index in [1.54, 1.807) is 0 Å². The molecule has 2 aliphatic rings. The van der Waals surface area contributed by atoms with Crippen molar-refractivity contribution in [1.29, 1.82) is 0 Å². The van der Waals surface area contributed by atoms with Crippen LogP contribution in [0.4, 0.5) is 0 Å². The van der Waals surface area contributed by atoms with E-state index in [-0.39, 0.29) is 0 Å². The summed E-state index contributed by atoms with van der Waals surface area (Å²) >= 11 is 0. The van der Waals surface area contributed by atoms with Crippen molar-refractivity contribution in [3.63, 3.8) is 0 Å². The van der Waals surface area contributed by atoms with Crippen LogP contribution in [0.15, 0.2) is 35.9 Å². The van der Waals surface area contributed by atoms with Gasteiger partial charge in [-0.1, -0.05) is 43.2 Å². The molecule has 1 heteroatoms. The second-order valence-corrected chi connectivity index (χ2v) is 6.16. The van der Waals surface area contributed by atoms with E-state index in [2.05, 4.69) is 30.3 Å². The van der Waals surface area contributed by atoms with Crippen molar-refractivity contribution in [2.45, 2.75) is 63.4 Å². The summed E-state index contributed by atoms with van der Waals surface area (Å²) in [5, 5.41) is 11.1. The normalized spacial score (nSPS) is 30.7. The summed E-state index contributed by atoms with van der Waals surface area (Å²) in [6.45, 7) is 0. The highest BCUT2D eigenvalue weighted by Gasteiger charge is 2.35. The largest absolute Gasteiger partial charge is 0.385 e. The Bertz CT molecular complexity index is 474. The van der Waals surface area contributed by atoms with Crippen molar-refractivity contribution in [3.05, 3.63) is 47.0 Å². The van der Waals surface area contributed by atoms with Crippen molar-refractivity contribution >= 4 is 0 Å². The molecule has 1 N–H and O–H groups in total. The quantitative estimate of drug-likeness (QED) is 0.747. The smallest absolute Gasteiger partial charge is 0.0900 e. The Morgan fingerprint density at radius 3 is 2.58 bits per heavy atom. The summed E-state index contributed by atoms with van der Waals surface area (Å²) < 4.78 is 0. The van der Waals surface area contributed by atoms with Gasteiger partial charge in [-0.25, -0.2) is 0 Å². The standard InChI is InChI=1S/C18H24O/c19-18(17-10-4-2-1-3-5-11-17)13-12-15-8-6-7-9-16(15)14-18/h6-10,19H,1-5,11-14H2/b17-10+. The van der Waals surface area contributed by atoms with Crippen LogP contribution in [-0.4, -0.2) is 10.7 Å². The molecule has 0 saturated carbocycles. The first-order chi connectivity index (χ1) is 9.28. The van der Waals surface area contributed by atoms with Gasteiger partial charge in [-0.3, -0.25) is 0 Å². The summed E-state index contributed by atoms with van der Waals surface area (Å²) in [5.41, 5.74) is 3.53. The van der Waals surface area contributed by atoms with Gasteiger partial charge in [0.05, 0.1) is 5.60 Å². The Morgan fingerprint density at radius 2 is 1.68 bits per heavy atom. The molecule has 0 aliphatic heterocycles. The number of hydrogen-bond acceptors (Lipinski definition) is 1. The lowest BCUT2D eigenvalue weighted by Crippen LogP contribution is -2.38. The van der Waals surface area contributed by atoms with Crippen LogP contribution >= 0.6 is 0 Å². The molecule has 1 nitrogen and oxygen atoms in total. The topological polar surface area (TPSA) is 20.2 Å². The lowest BCUT2D eigenvalue weighted by atomic mass is 9.74. The van der Waals surface area contributed by atoms with E-state index in [1.807, 2.05) is 0 Å². The first-order valence-electron chi connectivity index (χ1n) is 7.77. The van der Waals surface area contributed by atoms with Crippen molar-refractivity contribution in [3.8, 4) is 0 Å². The molecule has 0 radical (unpaired) electrons. The van der Waals surface area contributed by atoms with Crippen LogP contribution in [0.3, 0.4) is 0 Å². The van der Waals surface area contributed by atoms with Gasteiger partial charge in [-0.05, 0) is 55.2 Å². The predicted octanol–water partition coefficient (Wildman–Crippen LogP) is 4.19. The van der Waals surface area contributed by atoms with Crippen LogP contribution in [0.2, 0.25) is 0 Å². The Labute approximate surface area is 116 Å². The van der Waals surface area contributed by atoms with E-state index in [1.165, 1.54) is 42.4 Å². The van der Waals surface area contributed by atoms with Crippen LogP contribution in [-0.2, 0) is 12.8 Å². The molecule has 2 aliphatic carbocycles. The zero-order valence-corrected chi connectivity index (χ0v) is 11.7. The predicted molar refractivity (Wildman–Crippen MR) is 79.2 cm³/mol. The second kappa shape index (κ2) is 5.50. The van der Waals surface area contributed by atoms with Gasteiger partial charge in [-0.2, -0.15) is 0 Å². The van der Waals surface area contributed by atoms with Gasteiger partial charge >= 0.3 is 0 Å². The molecular weight excluding hydrogens is 232 g/mol. The Hall–Kier alpha value is -1.08. The summed E-state index contributed by atoms with van der Waals surface area (Å²) in [7, 11) is 0. The maximum Gasteiger partial charge on any atom is 0.0900 e. The minimum atomic E-state index is -0.564. The first kappa shape index (κ1) is 12.9. The zero-order valence-electron chi connectivity index (χ0n) is 11.7. The molecule has 0 amide bonds. The summed E-state index contributed by atoms with van der Waals surface area (Å²) in [6.07, 6.45) is 12.5. The molecule has 1 atom stereocenters. The van der Waals surface area contributed by atoms with E-state index in [0.717, 1.165) is 32.1 Å². The van der Waals surface area contributed by atoms with Crippen LogP contribution < -0.4 is 0 Å². The van der Waals surface area contributed by atoms with Gasteiger partial charge in [-0.15, -0.1) is 0 Å². The number of aryl methyl sites for hydroxylation is 1. The highest BCUT2D eigenvalue weighted by molar-refractivity contribution is 5.35. The van der Waals surface area contributed by atoms with Crippen LogP contribution in [0, 0.1) is 0 Å². The maximum absolute atomic E-state index is 11.1. The van der Waals surface area contributed by atoms with Gasteiger partial charge < -0.3 is 5.11 Å². The van der Waals surface area contributed by atoms with Crippen molar-refractivity contribution in [2.75, 3.05) is 0 Å². The van der Waals surface area contributed by atoms with E-state index < -0.39 is 5.60 Å². The molecule has 1 aromatic rings. The van der Waals surface area contributed by atoms with Gasteiger partial charge in [0.1, 0.15) is 0 Å². The Morgan fingerprint density at radius 1 is 0.895 bits per heavy atom. The molecule has 0 spiro atoms. The number of fused-ring (bicyclic) bond motifs is 1. The third-order valence-corrected chi connectivity index (χ3v) is 4.80. The fourth-order valence-corrected chi connectivity index (χ4v) is 3.61. The van der Waals surface area contributed by atoms with Gasteiger partial charge in [0.2, 0.25) is 0 Å². The molecule has 0 heterocycles. The lowest BCUT2D eigenvalue weighted by molar-refractivity contribution is 0.0591. The van der Waals surface area contributed by atoms with Gasteiger partial charge in [0.15, 0.2) is 0 Å². The minimum absolute atomic E-state index is 0.564. The van der Waals surface area contributed by atoms with E-state index >= 15 is 0 Å². The highest BCUT2D eigenvalue weighted by Crippen LogP contribution is 2.37. The average Bonchev–Trinajstić information content (AvgIpc) is 2.37. The Balaban J connectivity index is 1.84. The number of rotatable bonds is 1. The fraction of sp³-hybridized carbons (Fsp3) is 0.556. The summed E-state index contributed by atoms with van der Waals surface area (Å²) in [5.74, 6) is 0. The van der Waals surface area contributed by atoms with Crippen molar-refractivity contribution < 1.29 is 5.11 Å². The molecule has 0 aromatic heterocycles. The molecule has 0 saturated heterocycles. The second-order valence-electron chi connectivity index (χ2n) is 6.16. The molecule has 0 bridgehead atoms. The van der Waals surface area contributed by atoms with Gasteiger partial charge in [0.25, 0.3) is 0 Å². The summed E-state index contributed by atoms with van der Waals surface area (Å²) in [6, 6.07) is 8.60. The van der Waals surface area contributed by atoms with E-state index in [4.69, 9.17) is 0 Å². The van der Waals surface area contributed by atoms with Gasteiger partial charge in [0, 0.05) is 6.42 Å². The minimum Gasteiger partial charge on any atom is -0.385 e. The SMILES string of the molecule is OC1(/C2=C/CCCCCC2)CCc2ccccc2C1. The van der Waals surface area contributed by atoms with Crippen molar-refractivity contribution in [2.24, 2.45) is 0 Å². The molecule has 102 valence electrons. The number of aliphatic hydroxyl groups is 1. The third kappa shape index (κ3) is 2.76. The molecule has 1 unspecified atom stereocenters. The number of hydrogen-bond donors (Lipinski definition) is 1. The Kier molecular flexibility index (Phi) is 3.74. The highest BCUT2D eigenvalue weighted by atomic mass is 16.3. The average molecular weight is 256 g/mol. The number of benzene rings is 1. The monoisotopic (exact) mass is 256 g/mol. The molecule has 0 fully saturated rings. The third-order valence-electron chi connectivity index (χ3n) is 4.80. The van der Waals surface area contributed by atoms with Crippen LogP contribution in [0.5, 0.6) is 0 Å². The maximum atomic E-state index is 11.1. The molecule has 1 aromatic carbocycles. The number of allylic oxidation sites excluding steroid dienone is 1. The molecule has 3 rings (SSSR count). The lowest BCUT2D eigenvalue weighted by Gasteiger charge is -2.36. The summed E-state index contributed by atoms with van der Waals surface area (Å²) in [4.78, 5) is 0. The van der Waals surface area contributed by atoms with Crippen LogP contribution in [0.25, 0.3) is 0 Å².